The second-order valence-corrected chi connectivity index (χ2v) is 7.95. The van der Waals surface area contributed by atoms with Crippen molar-refractivity contribution in [3.05, 3.63) is 47.5 Å². The van der Waals surface area contributed by atoms with Gasteiger partial charge in [0.05, 0.1) is 17.6 Å². The predicted octanol–water partition coefficient (Wildman–Crippen LogP) is 1.75. The van der Waals surface area contributed by atoms with Gasteiger partial charge in [0, 0.05) is 13.0 Å². The van der Waals surface area contributed by atoms with Gasteiger partial charge in [0.2, 0.25) is 16.8 Å². The van der Waals surface area contributed by atoms with Crippen LogP contribution in [-0.2, 0) is 16.4 Å². The van der Waals surface area contributed by atoms with E-state index in [1.54, 1.807) is 30.3 Å². The molecule has 0 bridgehead atoms. The third-order valence-corrected chi connectivity index (χ3v) is 5.92. The maximum absolute atomic E-state index is 12.4. The third-order valence-electron chi connectivity index (χ3n) is 4.46. The summed E-state index contributed by atoms with van der Waals surface area (Å²) < 4.78 is 43.3. The van der Waals surface area contributed by atoms with Crippen molar-refractivity contribution < 1.29 is 27.7 Å². The molecule has 0 aliphatic carbocycles. The van der Waals surface area contributed by atoms with Crippen molar-refractivity contribution in [1.82, 2.24) is 4.72 Å². The Balaban J connectivity index is 1.37. The number of ether oxygens (including phenoxy) is 3. The van der Waals surface area contributed by atoms with E-state index in [2.05, 4.69) is 4.72 Å². The first kappa shape index (κ1) is 17.1. The molecule has 0 saturated heterocycles. The normalized spacial score (nSPS) is 16.2. The lowest BCUT2D eigenvalue weighted by atomic mass is 10.1. The number of hydrogen-bond acceptors (Lipinski definition) is 6. The van der Waals surface area contributed by atoms with Crippen LogP contribution in [0.15, 0.2) is 41.3 Å². The molecular formula is C18H19NO6S. The molecule has 2 N–H and O–H groups in total. The van der Waals surface area contributed by atoms with E-state index in [0.29, 0.717) is 30.1 Å². The highest BCUT2D eigenvalue weighted by molar-refractivity contribution is 7.89. The minimum atomic E-state index is -3.63. The van der Waals surface area contributed by atoms with Crippen LogP contribution in [0.3, 0.4) is 0 Å². The number of fused-ring (bicyclic) bond motifs is 2. The Bertz CT molecular complexity index is 927. The molecular weight excluding hydrogens is 358 g/mol. The highest BCUT2D eigenvalue weighted by atomic mass is 32.2. The minimum absolute atomic E-state index is 0.117. The molecule has 2 heterocycles. The third kappa shape index (κ3) is 3.35. The van der Waals surface area contributed by atoms with Crippen LogP contribution in [-0.4, -0.2) is 33.5 Å². The van der Waals surface area contributed by atoms with E-state index in [1.165, 1.54) is 6.07 Å². The van der Waals surface area contributed by atoms with E-state index in [0.717, 1.165) is 11.3 Å². The van der Waals surface area contributed by atoms with Gasteiger partial charge in [-0.05, 0) is 47.9 Å². The molecule has 1 atom stereocenters. The van der Waals surface area contributed by atoms with Gasteiger partial charge in [0.25, 0.3) is 0 Å². The zero-order chi connectivity index (χ0) is 18.1. The van der Waals surface area contributed by atoms with Crippen LogP contribution in [0.1, 0.15) is 23.7 Å². The highest BCUT2D eigenvalue weighted by Crippen LogP contribution is 2.34. The quantitative estimate of drug-likeness (QED) is 0.797. The standard InChI is InChI=1S/C18H19NO6S/c20-15(12-1-3-17-18(10-12)25-11-24-17)5-7-19-26(21,22)14-2-4-16-13(9-14)6-8-23-16/h1-4,9-10,15,19-20H,5-8,11H2/t15-/m1/s1. The van der Waals surface area contributed by atoms with Crippen LogP contribution >= 0.6 is 0 Å². The maximum Gasteiger partial charge on any atom is 0.240 e. The maximum atomic E-state index is 12.4. The van der Waals surface area contributed by atoms with Gasteiger partial charge in [-0.3, -0.25) is 0 Å². The number of aliphatic hydroxyl groups excluding tert-OH is 1. The van der Waals surface area contributed by atoms with Crippen molar-refractivity contribution in [2.75, 3.05) is 19.9 Å². The Kier molecular flexibility index (Phi) is 4.47. The summed E-state index contributed by atoms with van der Waals surface area (Å²) in [6.45, 7) is 0.861. The Morgan fingerprint density at radius 2 is 1.85 bits per heavy atom. The molecule has 26 heavy (non-hydrogen) atoms. The van der Waals surface area contributed by atoms with Crippen molar-refractivity contribution in [2.24, 2.45) is 0 Å². The second kappa shape index (κ2) is 6.79. The molecule has 2 aliphatic heterocycles. The zero-order valence-electron chi connectivity index (χ0n) is 14.0. The molecule has 0 saturated carbocycles. The van der Waals surface area contributed by atoms with Crippen LogP contribution in [0, 0.1) is 0 Å². The van der Waals surface area contributed by atoms with E-state index in [4.69, 9.17) is 14.2 Å². The number of benzene rings is 2. The van der Waals surface area contributed by atoms with Gasteiger partial charge < -0.3 is 19.3 Å². The van der Waals surface area contributed by atoms with E-state index in [-0.39, 0.29) is 24.7 Å². The molecule has 2 aliphatic rings. The van der Waals surface area contributed by atoms with Crippen LogP contribution < -0.4 is 18.9 Å². The summed E-state index contributed by atoms with van der Waals surface area (Å²) in [5.41, 5.74) is 1.55. The van der Waals surface area contributed by atoms with Gasteiger partial charge in [0.15, 0.2) is 11.5 Å². The molecule has 8 heteroatoms. The smallest absolute Gasteiger partial charge is 0.240 e. The molecule has 0 spiro atoms. The molecule has 138 valence electrons. The Hall–Kier alpha value is -2.29. The van der Waals surface area contributed by atoms with Crippen molar-refractivity contribution in [3.8, 4) is 17.2 Å². The summed E-state index contributed by atoms with van der Waals surface area (Å²) in [6, 6.07) is 10.0. The van der Waals surface area contributed by atoms with Crippen LogP contribution in [0.5, 0.6) is 17.2 Å². The average Bonchev–Trinajstić information content (AvgIpc) is 3.28. The van der Waals surface area contributed by atoms with Crippen LogP contribution in [0.2, 0.25) is 0 Å². The zero-order valence-corrected chi connectivity index (χ0v) is 14.8. The molecule has 0 unspecified atom stereocenters. The van der Waals surface area contributed by atoms with Gasteiger partial charge in [-0.2, -0.15) is 0 Å². The van der Waals surface area contributed by atoms with E-state index in [9.17, 15) is 13.5 Å². The Morgan fingerprint density at radius 1 is 1.04 bits per heavy atom. The first-order valence-electron chi connectivity index (χ1n) is 8.36. The molecule has 2 aromatic carbocycles. The van der Waals surface area contributed by atoms with E-state index >= 15 is 0 Å². The Morgan fingerprint density at radius 3 is 2.73 bits per heavy atom. The summed E-state index contributed by atoms with van der Waals surface area (Å²) in [5.74, 6) is 1.96. The topological polar surface area (TPSA) is 94.1 Å². The van der Waals surface area contributed by atoms with Gasteiger partial charge >= 0.3 is 0 Å². The monoisotopic (exact) mass is 377 g/mol. The molecule has 0 aromatic heterocycles. The van der Waals surface area contributed by atoms with Gasteiger partial charge in [-0.1, -0.05) is 6.07 Å². The van der Waals surface area contributed by atoms with Crippen LogP contribution in [0.25, 0.3) is 0 Å². The number of rotatable bonds is 6. The van der Waals surface area contributed by atoms with Crippen molar-refractivity contribution in [2.45, 2.75) is 23.8 Å². The average molecular weight is 377 g/mol. The number of sulfonamides is 1. The number of nitrogens with one attached hydrogen (secondary N) is 1. The first-order valence-corrected chi connectivity index (χ1v) is 9.84. The fourth-order valence-electron chi connectivity index (χ4n) is 3.03. The summed E-state index contributed by atoms with van der Waals surface area (Å²) >= 11 is 0. The molecule has 2 aromatic rings. The van der Waals surface area contributed by atoms with E-state index in [1.807, 2.05) is 0 Å². The summed E-state index contributed by atoms with van der Waals surface area (Å²) in [6.07, 6.45) is 0.148. The van der Waals surface area contributed by atoms with Gasteiger partial charge in [-0.25, -0.2) is 13.1 Å². The molecule has 0 radical (unpaired) electrons. The fraction of sp³-hybridized carbons (Fsp3) is 0.333. The van der Waals surface area contributed by atoms with Gasteiger partial charge in [0.1, 0.15) is 5.75 Å². The fourth-order valence-corrected chi connectivity index (χ4v) is 4.13. The SMILES string of the molecule is O=S(=O)(NCC[C@@H](O)c1ccc2c(c1)OCO2)c1ccc2c(c1)CCO2. The van der Waals surface area contributed by atoms with Crippen LogP contribution in [0.4, 0.5) is 0 Å². The number of aliphatic hydroxyl groups is 1. The lowest BCUT2D eigenvalue weighted by molar-refractivity contribution is 0.166. The first-order chi connectivity index (χ1) is 12.5. The molecule has 0 amide bonds. The van der Waals surface area contributed by atoms with Crippen molar-refractivity contribution in [3.63, 3.8) is 0 Å². The molecule has 0 fully saturated rings. The summed E-state index contributed by atoms with van der Waals surface area (Å²) in [4.78, 5) is 0.208. The lowest BCUT2D eigenvalue weighted by Gasteiger charge is -2.13. The second-order valence-electron chi connectivity index (χ2n) is 6.18. The lowest BCUT2D eigenvalue weighted by Crippen LogP contribution is -2.26. The number of hydrogen-bond donors (Lipinski definition) is 2. The summed E-state index contributed by atoms with van der Waals surface area (Å²) in [7, 11) is -3.63. The molecule has 7 nitrogen and oxygen atoms in total. The predicted molar refractivity (Wildman–Crippen MR) is 93.0 cm³/mol. The van der Waals surface area contributed by atoms with E-state index < -0.39 is 16.1 Å². The van der Waals surface area contributed by atoms with Gasteiger partial charge in [-0.15, -0.1) is 0 Å². The molecule has 4 rings (SSSR count). The van der Waals surface area contributed by atoms with Crippen molar-refractivity contribution >= 4 is 10.0 Å². The Labute approximate surface area is 151 Å². The van der Waals surface area contributed by atoms with Crippen molar-refractivity contribution in [1.29, 1.82) is 0 Å². The summed E-state index contributed by atoms with van der Waals surface area (Å²) in [5, 5.41) is 10.3. The largest absolute Gasteiger partial charge is 0.493 e. The minimum Gasteiger partial charge on any atom is -0.493 e. The highest BCUT2D eigenvalue weighted by Gasteiger charge is 2.20.